The molecule has 0 bridgehead atoms. The van der Waals surface area contributed by atoms with Crippen molar-refractivity contribution >= 4 is 28.3 Å². The minimum atomic E-state index is 0.00561. The van der Waals surface area contributed by atoms with Crippen LogP contribution in [0.5, 0.6) is 0 Å². The Morgan fingerprint density at radius 1 is 1.29 bits per heavy atom. The Morgan fingerprint density at radius 2 is 1.94 bits per heavy atom. The number of rotatable bonds is 2. The Kier molecular flexibility index (Phi) is 3.00. The van der Waals surface area contributed by atoms with Crippen LogP contribution in [0.25, 0.3) is 10.9 Å². The lowest BCUT2D eigenvalue weighted by atomic mass is 10.1. The molecule has 0 spiro atoms. The van der Waals surface area contributed by atoms with E-state index in [1.54, 1.807) is 6.92 Å². The molecule has 2 rings (SSSR count). The standard InChI is InChI=1S/C14H16ClNO/c1-8(2)16-9(3)5-11-6-13(15)12(10(4)17)7-14(11)16/h5-8H,1-4H3. The van der Waals surface area contributed by atoms with E-state index < -0.39 is 0 Å². The van der Waals surface area contributed by atoms with Crippen LogP contribution in [0.4, 0.5) is 0 Å². The summed E-state index contributed by atoms with van der Waals surface area (Å²) in [6.45, 7) is 7.88. The van der Waals surface area contributed by atoms with E-state index in [4.69, 9.17) is 11.6 Å². The van der Waals surface area contributed by atoms with Crippen molar-refractivity contribution in [3.8, 4) is 0 Å². The maximum atomic E-state index is 11.5. The second kappa shape index (κ2) is 4.19. The molecule has 2 aromatic rings. The summed E-state index contributed by atoms with van der Waals surface area (Å²) < 4.78 is 2.22. The molecule has 0 N–H and O–H groups in total. The molecular weight excluding hydrogens is 234 g/mol. The van der Waals surface area contributed by atoms with Crippen molar-refractivity contribution < 1.29 is 4.79 Å². The highest BCUT2D eigenvalue weighted by molar-refractivity contribution is 6.34. The monoisotopic (exact) mass is 249 g/mol. The molecular formula is C14H16ClNO. The summed E-state index contributed by atoms with van der Waals surface area (Å²) in [7, 11) is 0. The molecule has 1 heterocycles. The van der Waals surface area contributed by atoms with Crippen molar-refractivity contribution in [1.82, 2.24) is 4.57 Å². The van der Waals surface area contributed by atoms with Gasteiger partial charge in [-0.3, -0.25) is 4.79 Å². The minimum Gasteiger partial charge on any atom is -0.342 e. The third-order valence-electron chi connectivity index (χ3n) is 3.02. The van der Waals surface area contributed by atoms with Gasteiger partial charge in [-0.05, 0) is 45.9 Å². The first-order valence-corrected chi connectivity index (χ1v) is 6.11. The number of Topliss-reactive ketones (excluding diaryl/α,β-unsaturated/α-hetero) is 1. The lowest BCUT2D eigenvalue weighted by Crippen LogP contribution is -2.03. The highest BCUT2D eigenvalue weighted by Gasteiger charge is 2.13. The molecule has 0 saturated heterocycles. The van der Waals surface area contributed by atoms with Gasteiger partial charge < -0.3 is 4.57 Å². The summed E-state index contributed by atoms with van der Waals surface area (Å²) in [5.41, 5.74) is 2.86. The van der Waals surface area contributed by atoms with E-state index in [2.05, 4.69) is 31.4 Å². The van der Waals surface area contributed by atoms with Gasteiger partial charge in [0.15, 0.2) is 5.78 Å². The van der Waals surface area contributed by atoms with Crippen molar-refractivity contribution in [2.24, 2.45) is 0 Å². The number of benzene rings is 1. The predicted octanol–water partition coefficient (Wildman–Crippen LogP) is 4.39. The molecule has 0 aliphatic rings. The molecule has 0 fully saturated rings. The number of aromatic nitrogens is 1. The molecule has 90 valence electrons. The van der Waals surface area contributed by atoms with E-state index >= 15 is 0 Å². The molecule has 17 heavy (non-hydrogen) atoms. The number of ketones is 1. The number of aryl methyl sites for hydroxylation is 1. The van der Waals surface area contributed by atoms with Crippen molar-refractivity contribution in [2.45, 2.75) is 33.7 Å². The molecule has 0 saturated carbocycles. The van der Waals surface area contributed by atoms with Crippen molar-refractivity contribution in [2.75, 3.05) is 0 Å². The summed E-state index contributed by atoms with van der Waals surface area (Å²) in [6, 6.07) is 6.24. The van der Waals surface area contributed by atoms with Gasteiger partial charge >= 0.3 is 0 Å². The summed E-state index contributed by atoms with van der Waals surface area (Å²) in [6.07, 6.45) is 0. The molecule has 0 atom stereocenters. The van der Waals surface area contributed by atoms with Crippen molar-refractivity contribution in [3.63, 3.8) is 0 Å². The third kappa shape index (κ3) is 1.98. The van der Waals surface area contributed by atoms with E-state index in [9.17, 15) is 4.79 Å². The number of hydrogen-bond acceptors (Lipinski definition) is 1. The van der Waals surface area contributed by atoms with Gasteiger partial charge in [0.2, 0.25) is 0 Å². The number of carbonyl (C=O) groups excluding carboxylic acids is 1. The maximum absolute atomic E-state index is 11.5. The fraction of sp³-hybridized carbons (Fsp3) is 0.357. The largest absolute Gasteiger partial charge is 0.342 e. The number of hydrogen-bond donors (Lipinski definition) is 0. The number of carbonyl (C=O) groups is 1. The van der Waals surface area contributed by atoms with Gasteiger partial charge in [-0.2, -0.15) is 0 Å². The van der Waals surface area contributed by atoms with Crippen LogP contribution in [0.15, 0.2) is 18.2 Å². The zero-order chi connectivity index (χ0) is 12.7. The van der Waals surface area contributed by atoms with Crippen LogP contribution in [-0.4, -0.2) is 10.4 Å². The highest BCUT2D eigenvalue weighted by Crippen LogP contribution is 2.29. The van der Waals surface area contributed by atoms with Gasteiger partial charge in [0, 0.05) is 28.2 Å². The van der Waals surface area contributed by atoms with Gasteiger partial charge in [-0.25, -0.2) is 0 Å². The highest BCUT2D eigenvalue weighted by atomic mass is 35.5. The van der Waals surface area contributed by atoms with E-state index in [-0.39, 0.29) is 5.78 Å². The van der Waals surface area contributed by atoms with E-state index in [0.29, 0.717) is 16.6 Å². The van der Waals surface area contributed by atoms with E-state index in [1.165, 1.54) is 5.69 Å². The topological polar surface area (TPSA) is 22.0 Å². The van der Waals surface area contributed by atoms with Crippen LogP contribution in [0.2, 0.25) is 5.02 Å². The molecule has 0 amide bonds. The van der Waals surface area contributed by atoms with Crippen molar-refractivity contribution in [3.05, 3.63) is 34.5 Å². The fourth-order valence-electron chi connectivity index (χ4n) is 2.34. The number of halogens is 1. The molecule has 2 nitrogen and oxygen atoms in total. The van der Waals surface area contributed by atoms with Crippen molar-refractivity contribution in [1.29, 1.82) is 0 Å². The molecule has 3 heteroatoms. The van der Waals surface area contributed by atoms with Crippen LogP contribution >= 0.6 is 11.6 Å². The zero-order valence-corrected chi connectivity index (χ0v) is 11.3. The van der Waals surface area contributed by atoms with Crippen LogP contribution in [0.1, 0.15) is 42.9 Å². The van der Waals surface area contributed by atoms with Crippen LogP contribution in [0, 0.1) is 6.92 Å². The number of nitrogens with zero attached hydrogens (tertiary/aromatic N) is 1. The quantitative estimate of drug-likeness (QED) is 0.724. The van der Waals surface area contributed by atoms with Crippen LogP contribution < -0.4 is 0 Å². The predicted molar refractivity (Wildman–Crippen MR) is 72.1 cm³/mol. The average molecular weight is 250 g/mol. The number of fused-ring (bicyclic) bond motifs is 1. The van der Waals surface area contributed by atoms with Crippen LogP contribution in [0.3, 0.4) is 0 Å². The van der Waals surface area contributed by atoms with E-state index in [1.807, 2.05) is 12.1 Å². The van der Waals surface area contributed by atoms with E-state index in [0.717, 1.165) is 10.9 Å². The van der Waals surface area contributed by atoms with Gasteiger partial charge in [-0.1, -0.05) is 11.6 Å². The Labute approximate surface area is 106 Å². The summed E-state index contributed by atoms with van der Waals surface area (Å²) in [4.78, 5) is 11.5. The lowest BCUT2D eigenvalue weighted by Gasteiger charge is -2.13. The minimum absolute atomic E-state index is 0.00561. The van der Waals surface area contributed by atoms with Gasteiger partial charge in [0.1, 0.15) is 0 Å². The molecule has 1 aromatic heterocycles. The smallest absolute Gasteiger partial charge is 0.161 e. The van der Waals surface area contributed by atoms with Gasteiger partial charge in [0.25, 0.3) is 0 Å². The lowest BCUT2D eigenvalue weighted by molar-refractivity contribution is 0.101. The SMILES string of the molecule is CC(=O)c1cc2c(cc1Cl)cc(C)n2C(C)C. The van der Waals surface area contributed by atoms with Crippen LogP contribution in [-0.2, 0) is 0 Å². The molecule has 0 unspecified atom stereocenters. The summed E-state index contributed by atoms with van der Waals surface area (Å²) in [5.74, 6) is 0.00561. The maximum Gasteiger partial charge on any atom is 0.161 e. The first kappa shape index (κ1) is 12.2. The Hall–Kier alpha value is -1.28. The molecule has 0 aliphatic carbocycles. The summed E-state index contributed by atoms with van der Waals surface area (Å²) >= 11 is 6.11. The Morgan fingerprint density at radius 3 is 2.47 bits per heavy atom. The first-order valence-electron chi connectivity index (χ1n) is 5.74. The normalized spacial score (nSPS) is 11.4. The second-order valence-electron chi connectivity index (χ2n) is 4.70. The zero-order valence-electron chi connectivity index (χ0n) is 10.5. The van der Waals surface area contributed by atoms with Gasteiger partial charge in [0.05, 0.1) is 5.02 Å². The Balaban J connectivity index is 2.81. The fourth-order valence-corrected chi connectivity index (χ4v) is 2.65. The average Bonchev–Trinajstić information content (AvgIpc) is 2.51. The molecule has 1 aromatic carbocycles. The van der Waals surface area contributed by atoms with Gasteiger partial charge in [-0.15, -0.1) is 0 Å². The molecule has 0 aliphatic heterocycles. The first-order chi connectivity index (χ1) is 7.91. The molecule has 0 radical (unpaired) electrons. The summed E-state index contributed by atoms with van der Waals surface area (Å²) in [5, 5.41) is 1.62. The second-order valence-corrected chi connectivity index (χ2v) is 5.10. The Bertz CT molecular complexity index is 596. The third-order valence-corrected chi connectivity index (χ3v) is 3.33.